The van der Waals surface area contributed by atoms with Gasteiger partial charge in [0.1, 0.15) is 0 Å². The molecule has 1 N–H and O–H groups in total. The van der Waals surface area contributed by atoms with E-state index in [-0.39, 0.29) is 6.03 Å². The van der Waals surface area contributed by atoms with E-state index in [1.54, 1.807) is 0 Å². The standard InChI is InChI=1S/C17H24N2O/c20-17(18-16-9-5-2-6-10-16)19-12-11-15(13-19)14-7-3-1-4-8-14/h1,3-4,7-8,15-16H,2,5-6,9-13H2,(H,18,20). The highest BCUT2D eigenvalue weighted by atomic mass is 16.2. The summed E-state index contributed by atoms with van der Waals surface area (Å²) >= 11 is 0. The first-order valence-electron chi connectivity index (χ1n) is 7.93. The quantitative estimate of drug-likeness (QED) is 0.877. The van der Waals surface area contributed by atoms with Crippen molar-refractivity contribution in [1.29, 1.82) is 0 Å². The fourth-order valence-electron chi connectivity index (χ4n) is 3.45. The Morgan fingerprint density at radius 3 is 2.55 bits per heavy atom. The molecule has 1 aromatic rings. The molecule has 2 aliphatic rings. The smallest absolute Gasteiger partial charge is 0.317 e. The van der Waals surface area contributed by atoms with Crippen molar-refractivity contribution in [1.82, 2.24) is 10.2 Å². The lowest BCUT2D eigenvalue weighted by Crippen LogP contribution is -2.44. The summed E-state index contributed by atoms with van der Waals surface area (Å²) in [5, 5.41) is 3.22. The summed E-state index contributed by atoms with van der Waals surface area (Å²) in [6.07, 6.45) is 7.24. The fourth-order valence-corrected chi connectivity index (χ4v) is 3.45. The summed E-state index contributed by atoms with van der Waals surface area (Å²) in [7, 11) is 0. The van der Waals surface area contributed by atoms with Crippen LogP contribution in [0, 0.1) is 0 Å². The van der Waals surface area contributed by atoms with Gasteiger partial charge >= 0.3 is 6.03 Å². The van der Waals surface area contributed by atoms with Gasteiger partial charge in [0.15, 0.2) is 0 Å². The number of likely N-dealkylation sites (tertiary alicyclic amines) is 1. The van der Waals surface area contributed by atoms with Gasteiger partial charge in [-0.05, 0) is 24.8 Å². The molecule has 0 aromatic heterocycles. The normalized spacial score (nSPS) is 23.8. The number of nitrogens with zero attached hydrogens (tertiary/aromatic N) is 1. The van der Waals surface area contributed by atoms with E-state index in [0.29, 0.717) is 12.0 Å². The van der Waals surface area contributed by atoms with Crippen LogP contribution in [0.15, 0.2) is 30.3 Å². The second-order valence-corrected chi connectivity index (χ2v) is 6.13. The summed E-state index contributed by atoms with van der Waals surface area (Å²) < 4.78 is 0. The van der Waals surface area contributed by atoms with E-state index < -0.39 is 0 Å². The number of nitrogens with one attached hydrogen (secondary N) is 1. The third-order valence-corrected chi connectivity index (χ3v) is 4.68. The molecule has 1 heterocycles. The number of carbonyl (C=O) groups excluding carboxylic acids is 1. The molecule has 2 fully saturated rings. The van der Waals surface area contributed by atoms with Crippen molar-refractivity contribution >= 4 is 6.03 Å². The molecule has 2 amide bonds. The van der Waals surface area contributed by atoms with E-state index >= 15 is 0 Å². The zero-order valence-electron chi connectivity index (χ0n) is 12.1. The maximum absolute atomic E-state index is 12.3. The van der Waals surface area contributed by atoms with Crippen LogP contribution in [0.25, 0.3) is 0 Å². The number of hydrogen-bond acceptors (Lipinski definition) is 1. The van der Waals surface area contributed by atoms with Crippen molar-refractivity contribution in [3.8, 4) is 0 Å². The van der Waals surface area contributed by atoms with E-state index in [4.69, 9.17) is 0 Å². The lowest BCUT2D eigenvalue weighted by molar-refractivity contribution is 0.200. The average molecular weight is 272 g/mol. The second kappa shape index (κ2) is 6.29. The third-order valence-electron chi connectivity index (χ3n) is 4.68. The van der Waals surface area contributed by atoms with Crippen LogP contribution in [0.5, 0.6) is 0 Å². The van der Waals surface area contributed by atoms with Crippen molar-refractivity contribution in [3.05, 3.63) is 35.9 Å². The molecule has 1 aliphatic carbocycles. The van der Waals surface area contributed by atoms with Crippen LogP contribution >= 0.6 is 0 Å². The maximum Gasteiger partial charge on any atom is 0.317 e. The molecule has 1 saturated heterocycles. The van der Waals surface area contributed by atoms with Crippen LogP contribution in [0.3, 0.4) is 0 Å². The van der Waals surface area contributed by atoms with Crippen molar-refractivity contribution in [2.24, 2.45) is 0 Å². The third kappa shape index (κ3) is 3.14. The van der Waals surface area contributed by atoms with E-state index in [1.807, 2.05) is 11.0 Å². The number of hydrogen-bond donors (Lipinski definition) is 1. The minimum Gasteiger partial charge on any atom is -0.335 e. The first kappa shape index (κ1) is 13.5. The van der Waals surface area contributed by atoms with Crippen LogP contribution < -0.4 is 5.32 Å². The van der Waals surface area contributed by atoms with Gasteiger partial charge in [-0.25, -0.2) is 4.79 Å². The average Bonchev–Trinajstić information content (AvgIpc) is 2.99. The van der Waals surface area contributed by atoms with Gasteiger partial charge in [0.25, 0.3) is 0 Å². The predicted octanol–water partition coefficient (Wildman–Crippen LogP) is 3.52. The Morgan fingerprint density at radius 2 is 1.80 bits per heavy atom. The van der Waals surface area contributed by atoms with Gasteiger partial charge in [0, 0.05) is 25.0 Å². The molecule has 1 atom stereocenters. The van der Waals surface area contributed by atoms with E-state index in [2.05, 4.69) is 29.6 Å². The lowest BCUT2D eigenvalue weighted by atomic mass is 9.96. The Bertz CT molecular complexity index is 440. The molecule has 20 heavy (non-hydrogen) atoms. The van der Waals surface area contributed by atoms with Crippen molar-refractivity contribution in [2.45, 2.75) is 50.5 Å². The van der Waals surface area contributed by atoms with Crippen molar-refractivity contribution in [2.75, 3.05) is 13.1 Å². The molecule has 1 aromatic carbocycles. The molecule has 3 nitrogen and oxygen atoms in total. The molecule has 1 aliphatic heterocycles. The van der Waals surface area contributed by atoms with Gasteiger partial charge in [-0.1, -0.05) is 49.6 Å². The van der Waals surface area contributed by atoms with Gasteiger partial charge in [-0.2, -0.15) is 0 Å². The summed E-state index contributed by atoms with van der Waals surface area (Å²) in [5.74, 6) is 0.508. The summed E-state index contributed by atoms with van der Waals surface area (Å²) in [6, 6.07) is 11.1. The Kier molecular flexibility index (Phi) is 4.24. The molecule has 0 radical (unpaired) electrons. The van der Waals surface area contributed by atoms with Crippen LogP contribution in [0.2, 0.25) is 0 Å². The Balaban J connectivity index is 1.53. The Morgan fingerprint density at radius 1 is 1.05 bits per heavy atom. The number of amides is 2. The number of urea groups is 1. The SMILES string of the molecule is O=C(NC1CCCCC1)N1CCC(c2ccccc2)C1. The fraction of sp³-hybridized carbons (Fsp3) is 0.588. The van der Waals surface area contributed by atoms with Crippen LogP contribution in [-0.4, -0.2) is 30.1 Å². The highest BCUT2D eigenvalue weighted by molar-refractivity contribution is 5.75. The minimum atomic E-state index is 0.148. The zero-order chi connectivity index (χ0) is 13.8. The summed E-state index contributed by atoms with van der Waals surface area (Å²) in [5.41, 5.74) is 1.36. The topological polar surface area (TPSA) is 32.3 Å². The predicted molar refractivity (Wildman–Crippen MR) is 80.8 cm³/mol. The Labute approximate surface area is 121 Å². The molecular weight excluding hydrogens is 248 g/mol. The molecule has 1 unspecified atom stereocenters. The van der Waals surface area contributed by atoms with Gasteiger partial charge in [-0.15, -0.1) is 0 Å². The number of rotatable bonds is 2. The number of benzene rings is 1. The first-order valence-corrected chi connectivity index (χ1v) is 7.93. The van der Waals surface area contributed by atoms with E-state index in [9.17, 15) is 4.79 Å². The van der Waals surface area contributed by atoms with Gasteiger partial charge in [-0.3, -0.25) is 0 Å². The largest absolute Gasteiger partial charge is 0.335 e. The summed E-state index contributed by atoms with van der Waals surface area (Å²) in [6.45, 7) is 1.75. The van der Waals surface area contributed by atoms with Gasteiger partial charge < -0.3 is 10.2 Å². The van der Waals surface area contributed by atoms with Gasteiger partial charge in [0.2, 0.25) is 0 Å². The maximum atomic E-state index is 12.3. The first-order chi connectivity index (χ1) is 9.83. The van der Waals surface area contributed by atoms with Crippen molar-refractivity contribution in [3.63, 3.8) is 0 Å². The van der Waals surface area contributed by atoms with E-state index in [1.165, 1.54) is 24.8 Å². The second-order valence-electron chi connectivity index (χ2n) is 6.13. The van der Waals surface area contributed by atoms with Crippen LogP contribution in [-0.2, 0) is 0 Å². The van der Waals surface area contributed by atoms with Crippen LogP contribution in [0.1, 0.15) is 50.0 Å². The molecule has 3 heteroatoms. The highest BCUT2D eigenvalue weighted by Gasteiger charge is 2.28. The molecule has 108 valence electrons. The monoisotopic (exact) mass is 272 g/mol. The molecule has 0 spiro atoms. The summed E-state index contributed by atoms with van der Waals surface area (Å²) in [4.78, 5) is 14.3. The minimum absolute atomic E-state index is 0.148. The molecular formula is C17H24N2O. The van der Waals surface area contributed by atoms with Gasteiger partial charge in [0.05, 0.1) is 0 Å². The van der Waals surface area contributed by atoms with Crippen LogP contribution in [0.4, 0.5) is 4.79 Å². The van der Waals surface area contributed by atoms with Crippen molar-refractivity contribution < 1.29 is 4.79 Å². The van der Waals surface area contributed by atoms with E-state index in [0.717, 1.165) is 32.4 Å². The zero-order valence-corrected chi connectivity index (χ0v) is 12.1. The molecule has 1 saturated carbocycles. The molecule has 0 bridgehead atoms. The highest BCUT2D eigenvalue weighted by Crippen LogP contribution is 2.27. The Hall–Kier alpha value is -1.51. The molecule has 3 rings (SSSR count). The number of carbonyl (C=O) groups is 1. The lowest BCUT2D eigenvalue weighted by Gasteiger charge is -2.26.